The molecule has 1 atom stereocenters. The van der Waals surface area contributed by atoms with Crippen LogP contribution in [0.2, 0.25) is 0 Å². The summed E-state index contributed by atoms with van der Waals surface area (Å²) in [4.78, 5) is 32.9. The summed E-state index contributed by atoms with van der Waals surface area (Å²) < 4.78 is 50.5. The van der Waals surface area contributed by atoms with Crippen molar-refractivity contribution in [3.63, 3.8) is 0 Å². The summed E-state index contributed by atoms with van der Waals surface area (Å²) in [5.74, 6) is -0.744. The number of anilines is 1. The van der Waals surface area contributed by atoms with Gasteiger partial charge in [0.2, 0.25) is 17.7 Å². The monoisotopic (exact) mass is 477 g/mol. The summed E-state index contributed by atoms with van der Waals surface area (Å²) in [6, 6.07) is 6.87. The Hall–Kier alpha value is -4.01. The Balaban J connectivity index is 1.93. The second-order valence-electron chi connectivity index (χ2n) is 7.32. The summed E-state index contributed by atoms with van der Waals surface area (Å²) in [6.45, 7) is 0.155. The highest BCUT2D eigenvalue weighted by Crippen LogP contribution is 2.35. The van der Waals surface area contributed by atoms with E-state index in [0.29, 0.717) is 0 Å². The number of alkyl halides is 3. The molecule has 34 heavy (non-hydrogen) atoms. The van der Waals surface area contributed by atoms with Gasteiger partial charge in [0.25, 0.3) is 5.91 Å². The van der Waals surface area contributed by atoms with Gasteiger partial charge in [-0.05, 0) is 24.3 Å². The van der Waals surface area contributed by atoms with Crippen LogP contribution in [0.4, 0.5) is 18.9 Å². The predicted octanol–water partition coefficient (Wildman–Crippen LogP) is 2.07. The lowest BCUT2D eigenvalue weighted by molar-refractivity contribution is -0.137. The zero-order valence-corrected chi connectivity index (χ0v) is 18.6. The van der Waals surface area contributed by atoms with Crippen molar-refractivity contribution in [1.29, 1.82) is 5.26 Å². The van der Waals surface area contributed by atoms with E-state index in [1.807, 2.05) is 0 Å². The van der Waals surface area contributed by atoms with Gasteiger partial charge in [-0.15, -0.1) is 0 Å². The molecule has 180 valence electrons. The van der Waals surface area contributed by atoms with Gasteiger partial charge in [0.15, 0.2) is 0 Å². The number of hydrogen-bond donors (Lipinski definition) is 1. The molecule has 12 heteroatoms. The quantitative estimate of drug-likeness (QED) is 0.703. The first-order chi connectivity index (χ1) is 16.1. The molecular formula is C22H22F3N5O4. The van der Waals surface area contributed by atoms with Crippen molar-refractivity contribution >= 4 is 17.5 Å². The molecular weight excluding hydrogens is 455 g/mol. The molecule has 0 saturated carbocycles. The predicted molar refractivity (Wildman–Crippen MR) is 115 cm³/mol. The third-order valence-electron chi connectivity index (χ3n) is 5.45. The summed E-state index contributed by atoms with van der Waals surface area (Å²) in [5, 5.41) is 11.5. The first-order valence-electron chi connectivity index (χ1n) is 10.1. The van der Waals surface area contributed by atoms with Crippen LogP contribution in [0.3, 0.4) is 0 Å². The number of rotatable bonds is 5. The number of methoxy groups -OCH3 is 2. The number of piperazine rings is 1. The van der Waals surface area contributed by atoms with Crippen LogP contribution >= 0.6 is 0 Å². The number of pyridine rings is 1. The number of amides is 2. The van der Waals surface area contributed by atoms with Crippen LogP contribution in [-0.2, 0) is 11.0 Å². The second-order valence-corrected chi connectivity index (χ2v) is 7.32. The van der Waals surface area contributed by atoms with Crippen molar-refractivity contribution in [1.82, 2.24) is 15.2 Å². The van der Waals surface area contributed by atoms with E-state index in [4.69, 9.17) is 14.7 Å². The smallest absolute Gasteiger partial charge is 0.417 e. The van der Waals surface area contributed by atoms with Gasteiger partial charge in [-0.2, -0.15) is 23.4 Å². The minimum Gasteiger partial charge on any atom is -0.481 e. The molecule has 1 aliphatic rings. The molecule has 1 unspecified atom stereocenters. The lowest BCUT2D eigenvalue weighted by Gasteiger charge is -2.41. The third kappa shape index (κ3) is 4.83. The highest BCUT2D eigenvalue weighted by atomic mass is 19.4. The summed E-state index contributed by atoms with van der Waals surface area (Å²) in [7, 11) is 4.16. The van der Waals surface area contributed by atoms with E-state index in [9.17, 15) is 22.8 Å². The van der Waals surface area contributed by atoms with Crippen LogP contribution in [0, 0.1) is 11.3 Å². The zero-order chi connectivity index (χ0) is 25.0. The maximum atomic E-state index is 13.4. The van der Waals surface area contributed by atoms with E-state index in [1.165, 1.54) is 44.4 Å². The number of ether oxygens (including phenoxy) is 2. The number of carbonyl (C=O) groups excluding carboxylic acids is 2. The largest absolute Gasteiger partial charge is 0.481 e. The number of carbonyl (C=O) groups is 2. The zero-order valence-electron chi connectivity index (χ0n) is 18.6. The normalized spacial score (nSPS) is 16.0. The molecule has 3 rings (SSSR count). The number of halogens is 3. The van der Waals surface area contributed by atoms with Crippen molar-refractivity contribution < 1.29 is 32.2 Å². The van der Waals surface area contributed by atoms with Gasteiger partial charge in [-0.3, -0.25) is 9.59 Å². The van der Waals surface area contributed by atoms with Crippen LogP contribution in [0.5, 0.6) is 11.8 Å². The number of nitrogens with one attached hydrogen (secondary N) is 1. The fraction of sp³-hybridized carbons (Fsp3) is 0.364. The molecule has 0 radical (unpaired) electrons. The number of likely N-dealkylation sites (N-methyl/N-ethyl adjacent to an activating group) is 1. The van der Waals surface area contributed by atoms with E-state index in [2.05, 4.69) is 10.3 Å². The molecule has 2 heterocycles. The van der Waals surface area contributed by atoms with Crippen molar-refractivity contribution in [2.75, 3.05) is 45.8 Å². The Morgan fingerprint density at radius 1 is 1.18 bits per heavy atom. The molecule has 0 aliphatic carbocycles. The van der Waals surface area contributed by atoms with E-state index >= 15 is 0 Å². The van der Waals surface area contributed by atoms with E-state index in [-0.39, 0.29) is 42.6 Å². The first-order valence-corrected chi connectivity index (χ1v) is 10.1. The lowest BCUT2D eigenvalue weighted by Crippen LogP contribution is -2.60. The molecule has 1 aliphatic heterocycles. The molecule has 0 bridgehead atoms. The Kier molecular flexibility index (Phi) is 7.14. The second kappa shape index (κ2) is 9.86. The Bertz CT molecular complexity index is 1130. The van der Waals surface area contributed by atoms with Gasteiger partial charge in [-0.25, -0.2) is 0 Å². The summed E-state index contributed by atoms with van der Waals surface area (Å²) in [5.41, 5.74) is -1.25. The van der Waals surface area contributed by atoms with Crippen molar-refractivity contribution in [2.45, 2.75) is 12.2 Å². The minimum atomic E-state index is -4.71. The maximum absolute atomic E-state index is 13.4. The van der Waals surface area contributed by atoms with Crippen LogP contribution < -0.4 is 19.7 Å². The molecule has 2 aromatic rings. The molecule has 1 N–H and O–H groups in total. The summed E-state index contributed by atoms with van der Waals surface area (Å²) in [6.07, 6.45) is -4.71. The average Bonchev–Trinajstić information content (AvgIpc) is 2.86. The number of benzene rings is 1. The van der Waals surface area contributed by atoms with Gasteiger partial charge < -0.3 is 24.6 Å². The standard InChI is InChI=1S/C22H22F3N5O4/c1-27-19(31)17-12-29(14-5-4-13(11-26)16(10-14)22(23,24)25)8-9-30(17)21(32)15-6-7-18(33-2)28-20(15)34-3/h4-7,10,17H,8-9,12H2,1-3H3,(H,27,31). The molecule has 1 fully saturated rings. The Labute approximate surface area is 193 Å². The van der Waals surface area contributed by atoms with Gasteiger partial charge in [0.1, 0.15) is 11.6 Å². The molecule has 0 spiro atoms. The number of nitrogens with zero attached hydrogens (tertiary/aromatic N) is 4. The van der Waals surface area contributed by atoms with Crippen molar-refractivity contribution in [3.8, 4) is 17.8 Å². The SMILES string of the molecule is CNC(=O)C1CN(c2ccc(C#N)c(C(F)(F)F)c2)CCN1C(=O)c1ccc(OC)nc1OC. The van der Waals surface area contributed by atoms with Crippen molar-refractivity contribution in [2.24, 2.45) is 0 Å². The fourth-order valence-corrected chi connectivity index (χ4v) is 3.72. The average molecular weight is 477 g/mol. The summed E-state index contributed by atoms with van der Waals surface area (Å²) >= 11 is 0. The van der Waals surface area contributed by atoms with Crippen LogP contribution in [0.25, 0.3) is 0 Å². The van der Waals surface area contributed by atoms with Gasteiger partial charge in [0.05, 0.1) is 31.4 Å². The number of aromatic nitrogens is 1. The van der Waals surface area contributed by atoms with E-state index < -0.39 is 35.2 Å². The third-order valence-corrected chi connectivity index (χ3v) is 5.45. The number of nitriles is 1. The van der Waals surface area contributed by atoms with Crippen LogP contribution in [-0.4, -0.2) is 68.6 Å². The molecule has 2 amide bonds. The molecule has 9 nitrogen and oxygen atoms in total. The fourth-order valence-electron chi connectivity index (χ4n) is 3.72. The van der Waals surface area contributed by atoms with E-state index in [1.54, 1.807) is 11.0 Å². The lowest BCUT2D eigenvalue weighted by atomic mass is 10.0. The Morgan fingerprint density at radius 2 is 1.91 bits per heavy atom. The van der Waals surface area contributed by atoms with Gasteiger partial charge in [0, 0.05) is 38.4 Å². The Morgan fingerprint density at radius 3 is 2.50 bits per heavy atom. The molecule has 1 saturated heterocycles. The number of hydrogen-bond acceptors (Lipinski definition) is 7. The van der Waals surface area contributed by atoms with Gasteiger partial charge >= 0.3 is 6.18 Å². The van der Waals surface area contributed by atoms with Crippen molar-refractivity contribution in [3.05, 3.63) is 47.0 Å². The van der Waals surface area contributed by atoms with Gasteiger partial charge in [-0.1, -0.05) is 0 Å². The highest BCUT2D eigenvalue weighted by Gasteiger charge is 2.38. The van der Waals surface area contributed by atoms with Crippen LogP contribution in [0.1, 0.15) is 21.5 Å². The highest BCUT2D eigenvalue weighted by molar-refractivity contribution is 5.99. The van der Waals surface area contributed by atoms with E-state index in [0.717, 1.165) is 12.1 Å². The molecule has 1 aromatic carbocycles. The topological polar surface area (TPSA) is 108 Å². The minimum absolute atomic E-state index is 0.0179. The first kappa shape index (κ1) is 24.6. The molecule has 1 aromatic heterocycles. The van der Waals surface area contributed by atoms with Crippen LogP contribution in [0.15, 0.2) is 30.3 Å². The maximum Gasteiger partial charge on any atom is 0.417 e.